The number of hydrogen-bond acceptors (Lipinski definition) is 6. The summed E-state index contributed by atoms with van der Waals surface area (Å²) in [5.74, 6) is 1.42. The van der Waals surface area contributed by atoms with Gasteiger partial charge in [0.05, 0.1) is 11.7 Å². The van der Waals surface area contributed by atoms with Crippen LogP contribution in [0.3, 0.4) is 0 Å². The highest BCUT2D eigenvalue weighted by Crippen LogP contribution is 2.50. The molecule has 0 bridgehead atoms. The minimum atomic E-state index is -3.28. The van der Waals surface area contributed by atoms with E-state index in [0.717, 1.165) is 6.42 Å². The predicted molar refractivity (Wildman–Crippen MR) is 91.2 cm³/mol. The minimum Gasteiger partial charge on any atom is -0.353 e. The first-order valence-corrected chi connectivity index (χ1v) is 10.5. The Morgan fingerprint density at radius 3 is 2.76 bits per heavy atom. The first-order chi connectivity index (χ1) is 11.6. The Kier molecular flexibility index (Phi) is 4.65. The SMILES string of the molecule is Cc1noc([C@]23C[C@H](NC(=O)CC(C)C)CC2CN(S(C)(=O)=O)C3)n1. The molecule has 1 aromatic heterocycles. The monoisotopic (exact) mass is 370 g/mol. The lowest BCUT2D eigenvalue weighted by Gasteiger charge is -2.25. The second-order valence-corrected chi connectivity index (χ2v) is 9.84. The molecule has 1 saturated heterocycles. The van der Waals surface area contributed by atoms with Gasteiger partial charge in [0.25, 0.3) is 0 Å². The number of hydrogen-bond donors (Lipinski definition) is 1. The molecule has 1 amide bonds. The van der Waals surface area contributed by atoms with E-state index < -0.39 is 15.4 Å². The van der Waals surface area contributed by atoms with Gasteiger partial charge >= 0.3 is 0 Å². The average Bonchev–Trinajstić information content (AvgIpc) is 3.08. The van der Waals surface area contributed by atoms with Crippen molar-refractivity contribution in [2.45, 2.75) is 51.5 Å². The third-order valence-corrected chi connectivity index (χ3v) is 6.44. The number of rotatable bonds is 5. The second-order valence-electron chi connectivity index (χ2n) is 7.86. The standard InChI is InChI=1S/C16H26N4O4S/c1-10(2)5-14(21)18-13-6-12-8-20(25(4,22)23)9-16(12,7-13)15-17-11(3)19-24-15/h10,12-13H,5-9H2,1-4H3,(H,18,21)/t12?,13-,16+/m1/s1. The summed E-state index contributed by atoms with van der Waals surface area (Å²) in [5, 5.41) is 6.98. The van der Waals surface area contributed by atoms with Crippen molar-refractivity contribution in [2.24, 2.45) is 11.8 Å². The molecular weight excluding hydrogens is 344 g/mol. The summed E-state index contributed by atoms with van der Waals surface area (Å²) < 4.78 is 31.0. The van der Waals surface area contributed by atoms with Crippen molar-refractivity contribution in [1.82, 2.24) is 19.8 Å². The van der Waals surface area contributed by atoms with Gasteiger partial charge in [0.15, 0.2) is 5.82 Å². The van der Waals surface area contributed by atoms with E-state index in [4.69, 9.17) is 4.52 Å². The third-order valence-electron chi connectivity index (χ3n) is 5.22. The van der Waals surface area contributed by atoms with E-state index in [-0.39, 0.29) is 17.9 Å². The van der Waals surface area contributed by atoms with Crippen LogP contribution in [0.2, 0.25) is 0 Å². The van der Waals surface area contributed by atoms with Gasteiger partial charge in [0, 0.05) is 25.6 Å². The van der Waals surface area contributed by atoms with Crippen LogP contribution in [0.15, 0.2) is 4.52 Å². The van der Waals surface area contributed by atoms with E-state index in [2.05, 4.69) is 15.5 Å². The van der Waals surface area contributed by atoms with Gasteiger partial charge in [0.1, 0.15) is 0 Å². The summed E-state index contributed by atoms with van der Waals surface area (Å²) in [7, 11) is -3.28. The van der Waals surface area contributed by atoms with Crippen LogP contribution in [0.25, 0.3) is 0 Å². The fourth-order valence-electron chi connectivity index (χ4n) is 4.18. The molecule has 1 aliphatic carbocycles. The van der Waals surface area contributed by atoms with Gasteiger partial charge in [0.2, 0.25) is 21.8 Å². The van der Waals surface area contributed by atoms with Crippen molar-refractivity contribution in [3.8, 4) is 0 Å². The van der Waals surface area contributed by atoms with Crippen LogP contribution in [0.4, 0.5) is 0 Å². The number of aryl methyl sites for hydroxylation is 1. The van der Waals surface area contributed by atoms with E-state index in [9.17, 15) is 13.2 Å². The van der Waals surface area contributed by atoms with Gasteiger partial charge in [-0.15, -0.1) is 0 Å². The van der Waals surface area contributed by atoms with Crippen molar-refractivity contribution in [3.63, 3.8) is 0 Å². The molecule has 1 N–H and O–H groups in total. The molecular formula is C16H26N4O4S. The molecule has 3 rings (SSSR count). The number of nitrogens with zero attached hydrogens (tertiary/aromatic N) is 3. The van der Waals surface area contributed by atoms with Crippen molar-refractivity contribution >= 4 is 15.9 Å². The van der Waals surface area contributed by atoms with Gasteiger partial charge < -0.3 is 9.84 Å². The van der Waals surface area contributed by atoms with E-state index in [1.54, 1.807) is 6.92 Å². The molecule has 2 heterocycles. The van der Waals surface area contributed by atoms with Crippen molar-refractivity contribution < 1.29 is 17.7 Å². The second kappa shape index (κ2) is 6.35. The first-order valence-electron chi connectivity index (χ1n) is 8.65. The number of nitrogens with one attached hydrogen (secondary N) is 1. The summed E-state index contributed by atoms with van der Waals surface area (Å²) in [6, 6.07) is 0.00478. The zero-order valence-corrected chi connectivity index (χ0v) is 16.0. The van der Waals surface area contributed by atoms with Crippen LogP contribution < -0.4 is 5.32 Å². The molecule has 1 aliphatic heterocycles. The summed E-state index contributed by atoms with van der Waals surface area (Å²) in [6.07, 6.45) is 3.05. The molecule has 8 nitrogen and oxygen atoms in total. The molecule has 1 unspecified atom stereocenters. The first kappa shape index (κ1) is 18.3. The highest BCUT2D eigenvalue weighted by molar-refractivity contribution is 7.88. The van der Waals surface area contributed by atoms with E-state index in [1.165, 1.54) is 10.6 Å². The fourth-order valence-corrected chi connectivity index (χ4v) is 5.09. The highest BCUT2D eigenvalue weighted by Gasteiger charge is 2.58. The number of carbonyl (C=O) groups is 1. The summed E-state index contributed by atoms with van der Waals surface area (Å²) in [4.78, 5) is 16.5. The Morgan fingerprint density at radius 1 is 1.48 bits per heavy atom. The Hall–Kier alpha value is -1.48. The van der Waals surface area contributed by atoms with Crippen molar-refractivity contribution in [2.75, 3.05) is 19.3 Å². The van der Waals surface area contributed by atoms with E-state index >= 15 is 0 Å². The lowest BCUT2D eigenvalue weighted by atomic mass is 9.80. The highest BCUT2D eigenvalue weighted by atomic mass is 32.2. The predicted octanol–water partition coefficient (Wildman–Crippen LogP) is 0.832. The van der Waals surface area contributed by atoms with Gasteiger partial charge in [-0.3, -0.25) is 4.79 Å². The largest absolute Gasteiger partial charge is 0.353 e. The maximum Gasteiger partial charge on any atom is 0.234 e. The smallest absolute Gasteiger partial charge is 0.234 e. The summed E-state index contributed by atoms with van der Waals surface area (Å²) in [6.45, 7) is 6.52. The molecule has 0 aromatic carbocycles. The van der Waals surface area contributed by atoms with Crippen LogP contribution in [-0.4, -0.2) is 54.2 Å². The molecule has 25 heavy (non-hydrogen) atoms. The zero-order chi connectivity index (χ0) is 18.4. The molecule has 1 saturated carbocycles. The molecule has 0 radical (unpaired) electrons. The molecule has 140 valence electrons. The Bertz CT molecular complexity index is 760. The van der Waals surface area contributed by atoms with E-state index in [1.807, 2.05) is 13.8 Å². The van der Waals surface area contributed by atoms with Crippen LogP contribution in [0.5, 0.6) is 0 Å². The third kappa shape index (κ3) is 3.57. The topological polar surface area (TPSA) is 105 Å². The molecule has 3 atom stereocenters. The van der Waals surface area contributed by atoms with Crippen LogP contribution in [0, 0.1) is 18.8 Å². The molecule has 9 heteroatoms. The minimum absolute atomic E-state index is 0.00478. The normalized spacial score (nSPS) is 30.0. The van der Waals surface area contributed by atoms with Crippen molar-refractivity contribution in [3.05, 3.63) is 11.7 Å². The van der Waals surface area contributed by atoms with Crippen LogP contribution >= 0.6 is 0 Å². The maximum atomic E-state index is 12.1. The lowest BCUT2D eigenvalue weighted by Crippen LogP contribution is -2.39. The van der Waals surface area contributed by atoms with Crippen molar-refractivity contribution in [1.29, 1.82) is 0 Å². The Labute approximate surface area is 148 Å². The number of carbonyl (C=O) groups excluding carboxylic acids is 1. The van der Waals surface area contributed by atoms with E-state index in [0.29, 0.717) is 43.6 Å². The zero-order valence-electron chi connectivity index (χ0n) is 15.2. The van der Waals surface area contributed by atoms with Crippen LogP contribution in [0.1, 0.15) is 44.8 Å². The summed E-state index contributed by atoms with van der Waals surface area (Å²) in [5.41, 5.74) is -0.514. The molecule has 2 aliphatic rings. The van der Waals surface area contributed by atoms with Gasteiger partial charge in [-0.2, -0.15) is 4.98 Å². The Morgan fingerprint density at radius 2 is 2.20 bits per heavy atom. The Balaban J connectivity index is 1.83. The van der Waals surface area contributed by atoms with Gasteiger partial charge in [-0.25, -0.2) is 12.7 Å². The number of aromatic nitrogens is 2. The maximum absolute atomic E-state index is 12.1. The van der Waals surface area contributed by atoms with Gasteiger partial charge in [-0.05, 0) is 31.6 Å². The number of amides is 1. The average molecular weight is 370 g/mol. The molecule has 2 fully saturated rings. The summed E-state index contributed by atoms with van der Waals surface area (Å²) >= 11 is 0. The fraction of sp³-hybridized carbons (Fsp3) is 0.812. The number of sulfonamides is 1. The lowest BCUT2D eigenvalue weighted by molar-refractivity contribution is -0.122. The van der Waals surface area contributed by atoms with Crippen LogP contribution in [-0.2, 0) is 20.2 Å². The molecule has 1 aromatic rings. The van der Waals surface area contributed by atoms with Gasteiger partial charge in [-0.1, -0.05) is 19.0 Å². The number of fused-ring (bicyclic) bond motifs is 1. The molecule has 0 spiro atoms. The quantitative estimate of drug-likeness (QED) is 0.823.